The molecule has 0 aromatic carbocycles. The van der Waals surface area contributed by atoms with Crippen LogP contribution in [0.5, 0.6) is 0 Å². The highest BCUT2D eigenvalue weighted by molar-refractivity contribution is 5.90. The lowest BCUT2D eigenvalue weighted by atomic mass is 9.97. The molecule has 10 atom stereocenters. The van der Waals surface area contributed by atoms with Gasteiger partial charge in [-0.25, -0.2) is 4.79 Å². The van der Waals surface area contributed by atoms with E-state index in [4.69, 9.17) is 24.4 Å². The molecular formula is C15H22O15. The van der Waals surface area contributed by atoms with Crippen LogP contribution in [0, 0.1) is 0 Å². The minimum absolute atomic E-state index is 0.720. The lowest BCUT2D eigenvalue weighted by Gasteiger charge is -2.44. The summed E-state index contributed by atoms with van der Waals surface area (Å²) in [6.45, 7) is -0.720. The predicted molar refractivity (Wildman–Crippen MR) is 85.3 cm³/mol. The predicted octanol–water partition coefficient (Wildman–Crippen LogP) is -5.28. The molecule has 2 aliphatic rings. The van der Waals surface area contributed by atoms with Crippen LogP contribution in [0.2, 0.25) is 0 Å². The first kappa shape index (κ1) is 24.3. The first-order valence-corrected chi connectivity index (χ1v) is 8.59. The van der Waals surface area contributed by atoms with Crippen molar-refractivity contribution < 1.29 is 74.2 Å². The van der Waals surface area contributed by atoms with Crippen LogP contribution in [0.15, 0.2) is 0 Å². The Labute approximate surface area is 167 Å². The number of carboxylic acids is 2. The maximum absolute atomic E-state index is 11.2. The molecule has 0 bridgehead atoms. The van der Waals surface area contributed by atoms with Gasteiger partial charge in [-0.3, -0.25) is 9.59 Å². The number of rotatable bonds is 7. The van der Waals surface area contributed by atoms with Crippen LogP contribution in [0.4, 0.5) is 0 Å². The van der Waals surface area contributed by atoms with Gasteiger partial charge in [0.1, 0.15) is 55.8 Å². The summed E-state index contributed by atoms with van der Waals surface area (Å²) >= 11 is 0. The van der Waals surface area contributed by atoms with E-state index in [9.17, 15) is 45.0 Å². The molecule has 30 heavy (non-hydrogen) atoms. The highest BCUT2D eigenvalue weighted by atomic mass is 16.7. The summed E-state index contributed by atoms with van der Waals surface area (Å²) in [5.41, 5.74) is 0. The highest BCUT2D eigenvalue weighted by Gasteiger charge is 2.51. The molecule has 0 radical (unpaired) electrons. The highest BCUT2D eigenvalue weighted by Crippen LogP contribution is 2.28. The Kier molecular flexibility index (Phi) is 8.03. The van der Waals surface area contributed by atoms with Crippen molar-refractivity contribution in [2.24, 2.45) is 0 Å². The lowest BCUT2D eigenvalue weighted by Crippen LogP contribution is -2.64. The summed E-state index contributed by atoms with van der Waals surface area (Å²) in [6.07, 6.45) is -20.0. The molecule has 0 aromatic heterocycles. The van der Waals surface area contributed by atoms with E-state index in [1.807, 2.05) is 0 Å². The molecule has 2 fully saturated rings. The fraction of sp³-hybridized carbons (Fsp3) is 0.800. The van der Waals surface area contributed by atoms with Gasteiger partial charge in [0.25, 0.3) is 0 Å². The monoisotopic (exact) mass is 442 g/mol. The van der Waals surface area contributed by atoms with Crippen molar-refractivity contribution in [3.05, 3.63) is 0 Å². The van der Waals surface area contributed by atoms with Crippen LogP contribution in [0.3, 0.4) is 0 Å². The molecule has 0 saturated carbocycles. The average molecular weight is 442 g/mol. The molecule has 2 saturated heterocycles. The number of hydrogen-bond donors (Lipinski definition) is 8. The Morgan fingerprint density at radius 2 is 1.43 bits per heavy atom. The first-order valence-electron chi connectivity index (χ1n) is 8.59. The second-order valence-electron chi connectivity index (χ2n) is 6.64. The fourth-order valence-corrected chi connectivity index (χ4v) is 2.87. The van der Waals surface area contributed by atoms with Crippen LogP contribution in [-0.4, -0.2) is 127 Å². The van der Waals surface area contributed by atoms with Crippen LogP contribution < -0.4 is 0 Å². The lowest BCUT2D eigenvalue weighted by molar-refractivity contribution is -0.357. The van der Waals surface area contributed by atoms with Crippen molar-refractivity contribution in [3.8, 4) is 0 Å². The van der Waals surface area contributed by atoms with Crippen LogP contribution in [0.25, 0.3) is 0 Å². The number of aliphatic hydroxyl groups is 6. The second-order valence-corrected chi connectivity index (χ2v) is 6.64. The van der Waals surface area contributed by atoms with E-state index in [1.165, 1.54) is 0 Å². The van der Waals surface area contributed by atoms with Gasteiger partial charge in [0.15, 0.2) is 18.7 Å². The van der Waals surface area contributed by atoms with E-state index in [0.717, 1.165) is 0 Å². The zero-order valence-corrected chi connectivity index (χ0v) is 15.1. The fourth-order valence-electron chi connectivity index (χ4n) is 2.87. The molecule has 2 heterocycles. The van der Waals surface area contributed by atoms with Gasteiger partial charge in [-0.15, -0.1) is 0 Å². The van der Waals surface area contributed by atoms with Crippen molar-refractivity contribution in [2.75, 3.05) is 6.61 Å². The van der Waals surface area contributed by atoms with E-state index in [0.29, 0.717) is 0 Å². The molecule has 2 rings (SSSR count). The van der Waals surface area contributed by atoms with Gasteiger partial charge in [0, 0.05) is 0 Å². The largest absolute Gasteiger partial charge is 0.481 e. The number of esters is 1. The van der Waals surface area contributed by atoms with Gasteiger partial charge in [0.05, 0.1) is 0 Å². The second kappa shape index (κ2) is 9.90. The van der Waals surface area contributed by atoms with Gasteiger partial charge < -0.3 is 59.8 Å². The van der Waals surface area contributed by atoms with Gasteiger partial charge in [0.2, 0.25) is 0 Å². The Morgan fingerprint density at radius 1 is 0.800 bits per heavy atom. The molecular weight excluding hydrogens is 420 g/mol. The summed E-state index contributed by atoms with van der Waals surface area (Å²) < 4.78 is 19.5. The number of carbonyl (C=O) groups excluding carboxylic acids is 1. The smallest absolute Gasteiger partial charge is 0.335 e. The first-order chi connectivity index (χ1) is 13.9. The molecule has 0 spiro atoms. The molecule has 0 aliphatic carbocycles. The SMILES string of the molecule is O=C(O)CC(=O)OC[C@H]1O[C@@H](O)[C@H](O[C@@H]2O[C@H](C(=O)O)[C@@H](O)[C@H](O)[C@H]2O)[C@@H](O)[C@@H]1O. The Balaban J connectivity index is 2.01. The Morgan fingerprint density at radius 3 is 2.00 bits per heavy atom. The van der Waals surface area contributed by atoms with Gasteiger partial charge >= 0.3 is 17.9 Å². The third-order valence-electron chi connectivity index (χ3n) is 4.47. The van der Waals surface area contributed by atoms with E-state index >= 15 is 0 Å². The van der Waals surface area contributed by atoms with Crippen molar-refractivity contribution in [2.45, 2.75) is 67.8 Å². The minimum Gasteiger partial charge on any atom is -0.481 e. The Bertz CT molecular complexity index is 640. The normalized spacial score (nSPS) is 41.8. The number of aliphatic hydroxyl groups excluding tert-OH is 6. The Hall–Kier alpha value is -1.95. The van der Waals surface area contributed by atoms with Gasteiger partial charge in [-0.1, -0.05) is 0 Å². The van der Waals surface area contributed by atoms with E-state index in [2.05, 4.69) is 4.74 Å². The van der Waals surface area contributed by atoms with Crippen LogP contribution in [0.1, 0.15) is 6.42 Å². The van der Waals surface area contributed by atoms with Crippen LogP contribution >= 0.6 is 0 Å². The summed E-state index contributed by atoms with van der Waals surface area (Å²) in [4.78, 5) is 32.8. The number of carbonyl (C=O) groups is 3. The number of ether oxygens (including phenoxy) is 4. The quantitative estimate of drug-likeness (QED) is 0.135. The average Bonchev–Trinajstić information content (AvgIpc) is 2.65. The minimum atomic E-state index is -2.00. The summed E-state index contributed by atoms with van der Waals surface area (Å²) in [5, 5.41) is 77.1. The molecule has 0 aromatic rings. The topological polar surface area (TPSA) is 250 Å². The summed E-state index contributed by atoms with van der Waals surface area (Å²) in [7, 11) is 0. The zero-order chi connectivity index (χ0) is 22.7. The molecule has 15 nitrogen and oxygen atoms in total. The van der Waals surface area contributed by atoms with Crippen molar-refractivity contribution in [3.63, 3.8) is 0 Å². The standard InChI is InChI=1S/C15H22O15/c16-4(17)1-5(18)27-2-3-6(19)8(21)12(14(26)28-3)30-15-10(23)7(20)9(22)11(29-15)13(24)25/h3,6-12,14-15,19-23,26H,1-2H2,(H,16,17)(H,24,25)/t3-,6-,7+,8+,9+,10-,11+,12-,14-,15+/m1/s1. The maximum Gasteiger partial charge on any atom is 0.335 e. The van der Waals surface area contributed by atoms with E-state index in [1.54, 1.807) is 0 Å². The molecule has 15 heteroatoms. The maximum atomic E-state index is 11.2. The molecule has 2 aliphatic heterocycles. The third kappa shape index (κ3) is 5.39. The third-order valence-corrected chi connectivity index (χ3v) is 4.47. The zero-order valence-electron chi connectivity index (χ0n) is 15.1. The summed E-state index contributed by atoms with van der Waals surface area (Å²) in [5.74, 6) is -4.31. The summed E-state index contributed by atoms with van der Waals surface area (Å²) in [6, 6.07) is 0. The van der Waals surface area contributed by atoms with E-state index in [-0.39, 0.29) is 0 Å². The van der Waals surface area contributed by atoms with Gasteiger partial charge in [-0.2, -0.15) is 0 Å². The molecule has 172 valence electrons. The molecule has 0 unspecified atom stereocenters. The van der Waals surface area contributed by atoms with Gasteiger partial charge in [-0.05, 0) is 0 Å². The molecule has 0 amide bonds. The van der Waals surface area contributed by atoms with E-state index < -0.39 is 92.3 Å². The number of aliphatic carboxylic acids is 2. The van der Waals surface area contributed by atoms with Crippen LogP contribution in [-0.2, 0) is 33.3 Å². The number of carboxylic acid groups (broad SMARTS) is 2. The van der Waals surface area contributed by atoms with Crippen molar-refractivity contribution >= 4 is 17.9 Å². The number of hydrogen-bond acceptors (Lipinski definition) is 13. The van der Waals surface area contributed by atoms with Crippen molar-refractivity contribution in [1.82, 2.24) is 0 Å². The van der Waals surface area contributed by atoms with Crippen molar-refractivity contribution in [1.29, 1.82) is 0 Å². The molecule has 8 N–H and O–H groups in total.